The molecule has 1 amide bonds. The molecule has 2 aliphatic rings. The van der Waals surface area contributed by atoms with Crippen LogP contribution in [0.2, 0.25) is 5.02 Å². The summed E-state index contributed by atoms with van der Waals surface area (Å²) in [5.74, 6) is 1.65. The molecule has 7 heteroatoms. The van der Waals surface area contributed by atoms with Crippen LogP contribution in [0.25, 0.3) is 0 Å². The molecule has 0 spiro atoms. The number of fused-ring (bicyclic) bond motifs is 1. The van der Waals surface area contributed by atoms with E-state index in [1.807, 2.05) is 24.0 Å². The van der Waals surface area contributed by atoms with Gasteiger partial charge < -0.3 is 14.5 Å². The molecule has 0 aliphatic carbocycles. The van der Waals surface area contributed by atoms with Gasteiger partial charge in [-0.25, -0.2) is 9.97 Å². The molecule has 1 aromatic heterocycles. The van der Waals surface area contributed by atoms with Crippen LogP contribution in [0.4, 0.5) is 5.82 Å². The highest BCUT2D eigenvalue weighted by Gasteiger charge is 2.31. The molecule has 2 atom stereocenters. The van der Waals surface area contributed by atoms with E-state index >= 15 is 0 Å². The Morgan fingerprint density at radius 2 is 1.89 bits per heavy atom. The predicted octanol–water partition coefficient (Wildman–Crippen LogP) is 3.25. The summed E-state index contributed by atoms with van der Waals surface area (Å²) in [7, 11) is 0. The summed E-state index contributed by atoms with van der Waals surface area (Å²) < 4.78 is 5.88. The number of hydrogen-bond acceptors (Lipinski definition) is 5. The maximum absolute atomic E-state index is 13.1. The van der Waals surface area contributed by atoms with Gasteiger partial charge in [0.25, 0.3) is 5.91 Å². The van der Waals surface area contributed by atoms with Crippen molar-refractivity contribution in [3.8, 4) is 0 Å². The van der Waals surface area contributed by atoms with Crippen LogP contribution in [-0.2, 0) is 17.7 Å². The largest absolute Gasteiger partial charge is 0.372 e. The van der Waals surface area contributed by atoms with Crippen molar-refractivity contribution >= 4 is 23.3 Å². The van der Waals surface area contributed by atoms with Gasteiger partial charge in [0.2, 0.25) is 0 Å². The Morgan fingerprint density at radius 1 is 1.18 bits per heavy atom. The van der Waals surface area contributed by atoms with E-state index in [0.29, 0.717) is 23.7 Å². The molecule has 4 rings (SSSR count). The molecule has 2 aliphatic heterocycles. The minimum atomic E-state index is -0.0495. The van der Waals surface area contributed by atoms with E-state index < -0.39 is 0 Å². The molecule has 148 valence electrons. The molecule has 0 N–H and O–H groups in total. The highest BCUT2D eigenvalue weighted by molar-refractivity contribution is 6.33. The van der Waals surface area contributed by atoms with Gasteiger partial charge in [0, 0.05) is 31.6 Å². The average molecular weight is 401 g/mol. The second kappa shape index (κ2) is 7.68. The maximum Gasteiger partial charge on any atom is 0.255 e. The number of benzene rings is 1. The molecule has 3 heterocycles. The van der Waals surface area contributed by atoms with Gasteiger partial charge in [-0.3, -0.25) is 4.79 Å². The minimum absolute atomic E-state index is 0.0495. The van der Waals surface area contributed by atoms with Gasteiger partial charge in [-0.15, -0.1) is 0 Å². The number of aromatic nitrogens is 2. The van der Waals surface area contributed by atoms with Crippen LogP contribution in [0.1, 0.15) is 41.3 Å². The molecule has 2 unspecified atom stereocenters. The Balaban J connectivity index is 1.66. The normalized spacial score (nSPS) is 22.1. The molecule has 28 heavy (non-hydrogen) atoms. The third-order valence-corrected chi connectivity index (χ3v) is 5.59. The van der Waals surface area contributed by atoms with Gasteiger partial charge in [0.05, 0.1) is 35.0 Å². The number of morpholine rings is 1. The smallest absolute Gasteiger partial charge is 0.255 e. The fraction of sp³-hybridized carbons (Fsp3) is 0.476. The van der Waals surface area contributed by atoms with Crippen molar-refractivity contribution in [1.82, 2.24) is 14.9 Å². The first-order valence-electron chi connectivity index (χ1n) is 9.73. The minimum Gasteiger partial charge on any atom is -0.372 e. The topological polar surface area (TPSA) is 58.6 Å². The summed E-state index contributed by atoms with van der Waals surface area (Å²) in [5, 5.41) is 0.481. The predicted molar refractivity (Wildman–Crippen MR) is 109 cm³/mol. The molecule has 1 saturated heterocycles. The van der Waals surface area contributed by atoms with Gasteiger partial charge in [0.15, 0.2) is 0 Å². The van der Waals surface area contributed by atoms with Crippen molar-refractivity contribution in [2.45, 2.75) is 45.9 Å². The summed E-state index contributed by atoms with van der Waals surface area (Å²) >= 11 is 6.25. The third-order valence-electron chi connectivity index (χ3n) is 5.26. The highest BCUT2D eigenvalue weighted by Crippen LogP contribution is 2.30. The van der Waals surface area contributed by atoms with Gasteiger partial charge in [-0.1, -0.05) is 23.7 Å². The number of rotatable bonds is 2. The lowest BCUT2D eigenvalue weighted by atomic mass is 10.0. The van der Waals surface area contributed by atoms with Crippen LogP contribution in [0.5, 0.6) is 0 Å². The number of carbonyl (C=O) groups excluding carboxylic acids is 1. The van der Waals surface area contributed by atoms with Crippen molar-refractivity contribution in [2.24, 2.45) is 0 Å². The fourth-order valence-corrected chi connectivity index (χ4v) is 4.32. The molecule has 0 radical (unpaired) electrons. The van der Waals surface area contributed by atoms with E-state index in [1.54, 1.807) is 12.1 Å². The molecule has 0 saturated carbocycles. The van der Waals surface area contributed by atoms with Crippen molar-refractivity contribution in [3.05, 3.63) is 51.9 Å². The highest BCUT2D eigenvalue weighted by atomic mass is 35.5. The molecule has 1 fully saturated rings. The Bertz CT molecular complexity index is 894. The Hall–Kier alpha value is -2.18. The number of amides is 1. The van der Waals surface area contributed by atoms with Crippen LogP contribution in [0.15, 0.2) is 24.3 Å². The lowest BCUT2D eigenvalue weighted by Gasteiger charge is -2.38. The lowest BCUT2D eigenvalue weighted by Crippen LogP contribution is -2.47. The van der Waals surface area contributed by atoms with Crippen LogP contribution >= 0.6 is 11.6 Å². The molecule has 6 nitrogen and oxygen atoms in total. The monoisotopic (exact) mass is 400 g/mol. The van der Waals surface area contributed by atoms with E-state index in [-0.39, 0.29) is 18.1 Å². The summed E-state index contributed by atoms with van der Waals surface area (Å²) in [6.07, 6.45) is 0.996. The van der Waals surface area contributed by atoms with E-state index in [0.717, 1.165) is 42.4 Å². The SMILES string of the molecule is Cc1nc2c(c(N3CC(C)OC(C)C3)n1)CN(C(=O)c1ccccc1Cl)CC2. The number of aryl methyl sites for hydroxylation is 1. The van der Waals surface area contributed by atoms with Gasteiger partial charge in [-0.05, 0) is 32.9 Å². The van der Waals surface area contributed by atoms with E-state index in [9.17, 15) is 4.79 Å². The summed E-state index contributed by atoms with van der Waals surface area (Å²) in [6, 6.07) is 7.20. The number of ether oxygens (including phenoxy) is 1. The first kappa shape index (κ1) is 19.2. The van der Waals surface area contributed by atoms with E-state index in [4.69, 9.17) is 21.3 Å². The van der Waals surface area contributed by atoms with Crippen molar-refractivity contribution in [3.63, 3.8) is 0 Å². The zero-order valence-corrected chi connectivity index (χ0v) is 17.2. The molecular weight excluding hydrogens is 376 g/mol. The maximum atomic E-state index is 13.1. The van der Waals surface area contributed by atoms with Gasteiger partial charge >= 0.3 is 0 Å². The second-order valence-corrected chi connectivity index (χ2v) is 8.05. The first-order chi connectivity index (χ1) is 13.4. The fourth-order valence-electron chi connectivity index (χ4n) is 4.11. The van der Waals surface area contributed by atoms with Crippen molar-refractivity contribution in [2.75, 3.05) is 24.5 Å². The van der Waals surface area contributed by atoms with Gasteiger partial charge in [0.1, 0.15) is 11.6 Å². The van der Waals surface area contributed by atoms with Crippen LogP contribution in [0.3, 0.4) is 0 Å². The summed E-state index contributed by atoms with van der Waals surface area (Å²) in [5.41, 5.74) is 2.62. The summed E-state index contributed by atoms with van der Waals surface area (Å²) in [6.45, 7) is 8.78. The zero-order chi connectivity index (χ0) is 19.8. The second-order valence-electron chi connectivity index (χ2n) is 7.64. The average Bonchev–Trinajstić information content (AvgIpc) is 2.66. The third kappa shape index (κ3) is 3.71. The number of halogens is 1. The Kier molecular flexibility index (Phi) is 5.25. The van der Waals surface area contributed by atoms with Crippen LogP contribution in [0, 0.1) is 6.92 Å². The van der Waals surface area contributed by atoms with Crippen LogP contribution < -0.4 is 4.90 Å². The molecule has 0 bridgehead atoms. The van der Waals surface area contributed by atoms with Crippen molar-refractivity contribution < 1.29 is 9.53 Å². The van der Waals surface area contributed by atoms with Crippen LogP contribution in [-0.4, -0.2) is 52.6 Å². The van der Waals surface area contributed by atoms with E-state index in [1.165, 1.54) is 0 Å². The zero-order valence-electron chi connectivity index (χ0n) is 16.5. The van der Waals surface area contributed by atoms with E-state index in [2.05, 4.69) is 23.7 Å². The number of nitrogens with zero attached hydrogens (tertiary/aromatic N) is 4. The number of carbonyl (C=O) groups is 1. The summed E-state index contributed by atoms with van der Waals surface area (Å²) in [4.78, 5) is 26.6. The number of hydrogen-bond donors (Lipinski definition) is 0. The number of anilines is 1. The molecular formula is C21H25ClN4O2. The molecule has 2 aromatic rings. The van der Waals surface area contributed by atoms with Crippen molar-refractivity contribution in [1.29, 1.82) is 0 Å². The quantitative estimate of drug-likeness (QED) is 0.774. The lowest BCUT2D eigenvalue weighted by molar-refractivity contribution is -0.00560. The Morgan fingerprint density at radius 3 is 2.61 bits per heavy atom. The first-order valence-corrected chi connectivity index (χ1v) is 10.1. The standard InChI is InChI=1S/C21H25ClN4O2/c1-13-10-26(11-14(2)28-13)20-17-12-25(9-8-19(17)23-15(3)24-20)21(27)16-6-4-5-7-18(16)22/h4-7,13-14H,8-12H2,1-3H3. The Labute approximate surface area is 170 Å². The molecule has 1 aromatic carbocycles. The van der Waals surface area contributed by atoms with Gasteiger partial charge in [-0.2, -0.15) is 0 Å².